The van der Waals surface area contributed by atoms with E-state index in [4.69, 9.17) is 14.2 Å². The van der Waals surface area contributed by atoms with Crippen LogP contribution in [0.2, 0.25) is 0 Å². The van der Waals surface area contributed by atoms with E-state index in [2.05, 4.69) is 4.98 Å². The molecule has 12 heteroatoms. The molecule has 3 heterocycles. The van der Waals surface area contributed by atoms with Crippen LogP contribution in [0, 0.1) is 28.9 Å². The van der Waals surface area contributed by atoms with Crippen molar-refractivity contribution in [3.63, 3.8) is 0 Å². The first-order valence-corrected chi connectivity index (χ1v) is 12.5. The van der Waals surface area contributed by atoms with Crippen LogP contribution < -0.4 is 19.3 Å². The third-order valence-corrected chi connectivity index (χ3v) is 6.68. The molecule has 1 aromatic carbocycles. The van der Waals surface area contributed by atoms with E-state index in [-0.39, 0.29) is 36.2 Å². The number of methoxy groups -OCH3 is 2. The van der Waals surface area contributed by atoms with Crippen LogP contribution in [0.15, 0.2) is 18.3 Å². The summed E-state index contributed by atoms with van der Waals surface area (Å²) in [6, 6.07) is 3.88. The lowest BCUT2D eigenvalue weighted by Gasteiger charge is -2.40. The minimum Gasteiger partial charge on any atom is -0.493 e. The van der Waals surface area contributed by atoms with Crippen molar-refractivity contribution in [3.8, 4) is 17.6 Å². The van der Waals surface area contributed by atoms with Gasteiger partial charge in [0.05, 0.1) is 26.5 Å². The first-order valence-electron chi connectivity index (χ1n) is 12.5. The van der Waals surface area contributed by atoms with Crippen molar-refractivity contribution in [1.82, 2.24) is 9.88 Å². The highest BCUT2D eigenvalue weighted by molar-refractivity contribution is 6.06. The molecule has 2 aliphatic heterocycles. The number of pyridine rings is 1. The van der Waals surface area contributed by atoms with Gasteiger partial charge in [0.15, 0.2) is 23.1 Å². The lowest BCUT2D eigenvalue weighted by atomic mass is 9.95. The second kappa shape index (κ2) is 10.9. The predicted octanol–water partition coefficient (Wildman–Crippen LogP) is 4.84. The lowest BCUT2D eigenvalue weighted by molar-refractivity contribution is 0.0186. The molecule has 1 aromatic heterocycles. The third-order valence-electron chi connectivity index (χ3n) is 6.68. The van der Waals surface area contributed by atoms with Gasteiger partial charge >= 0.3 is 12.1 Å². The second-order valence-corrected chi connectivity index (χ2v) is 10.5. The first kappa shape index (κ1) is 27.9. The summed E-state index contributed by atoms with van der Waals surface area (Å²) in [5, 5.41) is 9.39. The zero-order chi connectivity index (χ0) is 28.5. The summed E-state index contributed by atoms with van der Waals surface area (Å²) in [5.74, 6) is -2.66. The molecule has 1 saturated heterocycles. The number of aromatic nitrogens is 1. The van der Waals surface area contributed by atoms with Crippen molar-refractivity contribution in [2.24, 2.45) is 5.92 Å². The van der Waals surface area contributed by atoms with Crippen LogP contribution in [0.25, 0.3) is 0 Å². The highest BCUT2D eigenvalue weighted by Gasteiger charge is 2.38. The Morgan fingerprint density at radius 3 is 2.28 bits per heavy atom. The SMILES string of the molecule is COc1cc(OC)c(F)c(N2Cc3cnc(C#N)cc3N(CC3CCN(C(=O)OC(C)(C)C)CC3)C2=O)c1F. The molecular weight excluding hydrogens is 512 g/mol. The molecule has 0 N–H and O–H groups in total. The minimum absolute atomic E-state index is 0.0197. The Balaban J connectivity index is 1.64. The number of rotatable bonds is 5. The fraction of sp³-hybridized carbons (Fsp3) is 0.481. The van der Waals surface area contributed by atoms with Crippen molar-refractivity contribution < 1.29 is 32.6 Å². The Hall–Kier alpha value is -4.14. The van der Waals surface area contributed by atoms with Gasteiger partial charge in [0.25, 0.3) is 0 Å². The third kappa shape index (κ3) is 5.67. The van der Waals surface area contributed by atoms with Gasteiger partial charge in [-0.3, -0.25) is 9.80 Å². The molecule has 3 amide bonds. The largest absolute Gasteiger partial charge is 0.493 e. The quantitative estimate of drug-likeness (QED) is 0.531. The number of hydrogen-bond acceptors (Lipinski definition) is 7. The molecule has 2 aromatic rings. The summed E-state index contributed by atoms with van der Waals surface area (Å²) in [4.78, 5) is 34.4. The van der Waals surface area contributed by atoms with Gasteiger partial charge in [0, 0.05) is 37.5 Å². The summed E-state index contributed by atoms with van der Waals surface area (Å²) in [5.41, 5.74) is -0.134. The highest BCUT2D eigenvalue weighted by atomic mass is 19.1. The number of anilines is 2. The number of nitriles is 1. The summed E-state index contributed by atoms with van der Waals surface area (Å²) < 4.78 is 46.3. The number of carbonyl (C=O) groups excluding carboxylic acids is 2. The molecule has 208 valence electrons. The van der Waals surface area contributed by atoms with Crippen LogP contribution >= 0.6 is 0 Å². The van der Waals surface area contributed by atoms with Crippen LogP contribution in [0.3, 0.4) is 0 Å². The summed E-state index contributed by atoms with van der Waals surface area (Å²) >= 11 is 0. The molecule has 0 atom stereocenters. The molecule has 4 rings (SSSR count). The maximum Gasteiger partial charge on any atom is 0.410 e. The summed E-state index contributed by atoms with van der Waals surface area (Å²) in [6.07, 6.45) is 2.21. The molecule has 0 radical (unpaired) electrons. The van der Waals surface area contributed by atoms with Gasteiger partial charge in [-0.25, -0.2) is 23.4 Å². The number of ether oxygens (including phenoxy) is 3. The van der Waals surface area contributed by atoms with E-state index in [9.17, 15) is 14.9 Å². The van der Waals surface area contributed by atoms with Crippen molar-refractivity contribution in [1.29, 1.82) is 5.26 Å². The fourth-order valence-corrected chi connectivity index (χ4v) is 4.74. The van der Waals surface area contributed by atoms with Crippen molar-refractivity contribution >= 4 is 23.5 Å². The van der Waals surface area contributed by atoms with E-state index in [1.165, 1.54) is 31.4 Å². The number of carbonyl (C=O) groups is 2. The average molecular weight is 544 g/mol. The van der Waals surface area contributed by atoms with Crippen LogP contribution in [0.1, 0.15) is 44.9 Å². The number of benzene rings is 1. The predicted molar refractivity (Wildman–Crippen MR) is 138 cm³/mol. The van der Waals surface area contributed by atoms with Gasteiger partial charge in [0.1, 0.15) is 23.1 Å². The molecular formula is C27H31F2N5O5. The molecule has 10 nitrogen and oxygen atoms in total. The molecule has 1 fully saturated rings. The molecule has 0 aliphatic carbocycles. The topological polar surface area (TPSA) is 108 Å². The van der Waals surface area contributed by atoms with Gasteiger partial charge in [-0.2, -0.15) is 5.26 Å². The second-order valence-electron chi connectivity index (χ2n) is 10.5. The number of hydrogen-bond donors (Lipinski definition) is 0. The molecule has 0 saturated carbocycles. The minimum atomic E-state index is -1.04. The van der Waals surface area contributed by atoms with Crippen LogP contribution in [0.5, 0.6) is 11.5 Å². The van der Waals surface area contributed by atoms with Gasteiger partial charge in [-0.1, -0.05) is 0 Å². The molecule has 2 aliphatic rings. The fourth-order valence-electron chi connectivity index (χ4n) is 4.74. The summed E-state index contributed by atoms with van der Waals surface area (Å²) in [6.45, 7) is 6.32. The number of halogens is 2. The summed E-state index contributed by atoms with van der Waals surface area (Å²) in [7, 11) is 2.46. The number of urea groups is 1. The zero-order valence-electron chi connectivity index (χ0n) is 22.6. The smallest absolute Gasteiger partial charge is 0.410 e. The number of likely N-dealkylation sites (tertiary alicyclic amines) is 1. The Morgan fingerprint density at radius 1 is 1.13 bits per heavy atom. The average Bonchev–Trinajstić information content (AvgIpc) is 2.90. The number of fused-ring (bicyclic) bond motifs is 1. The van der Waals surface area contributed by atoms with E-state index in [1.807, 2.05) is 6.07 Å². The van der Waals surface area contributed by atoms with Gasteiger partial charge < -0.3 is 19.1 Å². The highest BCUT2D eigenvalue weighted by Crippen LogP contribution is 2.41. The number of piperidine rings is 1. The lowest BCUT2D eigenvalue weighted by Crippen LogP contribution is -2.51. The first-order chi connectivity index (χ1) is 18.5. The van der Waals surface area contributed by atoms with Gasteiger partial charge in [-0.15, -0.1) is 0 Å². The van der Waals surface area contributed by atoms with E-state index < -0.39 is 35.0 Å². The monoisotopic (exact) mass is 543 g/mol. The Morgan fingerprint density at radius 2 is 1.74 bits per heavy atom. The molecule has 39 heavy (non-hydrogen) atoms. The van der Waals surface area contributed by atoms with Gasteiger partial charge in [0.2, 0.25) is 0 Å². The Kier molecular flexibility index (Phi) is 7.81. The maximum absolute atomic E-state index is 15.4. The van der Waals surface area contributed by atoms with E-state index >= 15 is 8.78 Å². The normalized spacial score (nSPS) is 16.1. The number of nitrogens with zero attached hydrogens (tertiary/aromatic N) is 5. The Labute approximate surface area is 225 Å². The van der Waals surface area contributed by atoms with E-state index in [0.29, 0.717) is 37.2 Å². The van der Waals surface area contributed by atoms with Crippen molar-refractivity contribution in [2.75, 3.05) is 43.7 Å². The van der Waals surface area contributed by atoms with E-state index in [0.717, 1.165) is 11.0 Å². The standard InChI is InChI=1S/C27H31F2N5O5/c1-27(2,3)39-26(36)32-8-6-16(7-9-32)14-33-19-10-18(12-30)31-13-17(19)15-34(25(33)35)24-22(28)20(37-4)11-21(38-5)23(24)29/h10-11,13,16H,6-9,14-15H2,1-5H3. The Bertz CT molecular complexity index is 1290. The van der Waals surface area contributed by atoms with Crippen LogP contribution in [-0.2, 0) is 11.3 Å². The van der Waals surface area contributed by atoms with E-state index in [1.54, 1.807) is 25.7 Å². The molecule has 0 bridgehead atoms. The van der Waals surface area contributed by atoms with Crippen molar-refractivity contribution in [2.45, 2.75) is 45.8 Å². The van der Waals surface area contributed by atoms with Crippen molar-refractivity contribution in [3.05, 3.63) is 41.2 Å². The van der Waals surface area contributed by atoms with Gasteiger partial charge in [-0.05, 0) is 45.6 Å². The maximum atomic E-state index is 15.4. The van der Waals surface area contributed by atoms with Crippen LogP contribution in [-0.4, -0.2) is 61.5 Å². The molecule has 0 spiro atoms. The zero-order valence-corrected chi connectivity index (χ0v) is 22.6. The number of amides is 3. The molecule has 0 unspecified atom stereocenters. The van der Waals surface area contributed by atoms with Crippen LogP contribution in [0.4, 0.5) is 29.7 Å².